The van der Waals surface area contributed by atoms with Crippen LogP contribution in [0.25, 0.3) is 5.69 Å². The summed E-state index contributed by atoms with van der Waals surface area (Å²) in [4.78, 5) is 30.4. The number of amides is 2. The topological polar surface area (TPSA) is 67.2 Å². The highest BCUT2D eigenvalue weighted by molar-refractivity contribution is 5.88. The number of benzene rings is 1. The Kier molecular flexibility index (Phi) is 5.48. The molecule has 1 aromatic heterocycles. The van der Waals surface area contributed by atoms with E-state index in [1.807, 2.05) is 42.0 Å². The van der Waals surface area contributed by atoms with Gasteiger partial charge in [0.25, 0.3) is 0 Å². The number of nitrogens with zero attached hydrogens (tertiary/aromatic N) is 3. The monoisotopic (exact) mass is 340 g/mol. The van der Waals surface area contributed by atoms with Crippen molar-refractivity contribution in [2.45, 2.75) is 45.2 Å². The molecule has 1 saturated heterocycles. The standard InChI is InChI=1S/C19H24N4O2/c1-2-4-18(24)23-11-3-5-17(23)19(25)21-13-15-6-8-16(9-7-15)22-12-10-20-14-22/h6-10,12,14,17H,2-5,11,13H2,1H3,(H,21,25)/t17-/m1/s1. The van der Waals surface area contributed by atoms with Crippen molar-refractivity contribution < 1.29 is 9.59 Å². The van der Waals surface area contributed by atoms with Crippen LogP contribution in [-0.2, 0) is 16.1 Å². The summed E-state index contributed by atoms with van der Waals surface area (Å²) in [6, 6.07) is 7.66. The highest BCUT2D eigenvalue weighted by atomic mass is 16.2. The number of carbonyl (C=O) groups excluding carboxylic acids is 2. The quantitative estimate of drug-likeness (QED) is 0.877. The van der Waals surface area contributed by atoms with Gasteiger partial charge in [-0.1, -0.05) is 19.1 Å². The molecular weight excluding hydrogens is 316 g/mol. The summed E-state index contributed by atoms with van der Waals surface area (Å²) in [5, 5.41) is 2.97. The van der Waals surface area contributed by atoms with Crippen molar-refractivity contribution in [3.8, 4) is 5.69 Å². The highest BCUT2D eigenvalue weighted by Gasteiger charge is 2.33. The molecule has 0 radical (unpaired) electrons. The number of rotatable bonds is 6. The van der Waals surface area contributed by atoms with Gasteiger partial charge in [0.1, 0.15) is 6.04 Å². The van der Waals surface area contributed by atoms with Gasteiger partial charge in [-0.05, 0) is 37.0 Å². The average Bonchev–Trinajstić information content (AvgIpc) is 3.32. The van der Waals surface area contributed by atoms with E-state index in [9.17, 15) is 9.59 Å². The molecule has 1 atom stereocenters. The number of aromatic nitrogens is 2. The maximum absolute atomic E-state index is 12.5. The fourth-order valence-electron chi connectivity index (χ4n) is 3.20. The summed E-state index contributed by atoms with van der Waals surface area (Å²) < 4.78 is 1.93. The molecule has 1 aromatic carbocycles. The number of imidazole rings is 1. The van der Waals surface area contributed by atoms with Gasteiger partial charge in [-0.3, -0.25) is 9.59 Å². The molecule has 6 heteroatoms. The molecule has 0 saturated carbocycles. The Balaban J connectivity index is 1.56. The number of carbonyl (C=O) groups is 2. The zero-order chi connectivity index (χ0) is 17.6. The average molecular weight is 340 g/mol. The van der Waals surface area contributed by atoms with Crippen molar-refractivity contribution in [1.82, 2.24) is 19.8 Å². The van der Waals surface area contributed by atoms with Gasteiger partial charge in [0, 0.05) is 37.6 Å². The van der Waals surface area contributed by atoms with E-state index < -0.39 is 0 Å². The second-order valence-corrected chi connectivity index (χ2v) is 6.35. The zero-order valence-electron chi connectivity index (χ0n) is 14.5. The van der Waals surface area contributed by atoms with E-state index in [4.69, 9.17) is 0 Å². The van der Waals surface area contributed by atoms with Gasteiger partial charge in [0.05, 0.1) is 6.33 Å². The Bertz CT molecular complexity index is 710. The van der Waals surface area contributed by atoms with E-state index in [0.717, 1.165) is 30.5 Å². The summed E-state index contributed by atoms with van der Waals surface area (Å²) >= 11 is 0. The summed E-state index contributed by atoms with van der Waals surface area (Å²) in [7, 11) is 0. The SMILES string of the molecule is CCCC(=O)N1CCC[C@@H]1C(=O)NCc1ccc(-n2ccnc2)cc1. The second kappa shape index (κ2) is 7.96. The molecule has 2 heterocycles. The molecule has 0 bridgehead atoms. The number of nitrogens with one attached hydrogen (secondary N) is 1. The molecule has 1 fully saturated rings. The molecular formula is C19H24N4O2. The molecule has 1 aliphatic heterocycles. The first kappa shape index (κ1) is 17.2. The maximum Gasteiger partial charge on any atom is 0.243 e. The van der Waals surface area contributed by atoms with E-state index >= 15 is 0 Å². The molecule has 2 amide bonds. The molecule has 0 unspecified atom stereocenters. The van der Waals surface area contributed by atoms with Gasteiger partial charge < -0.3 is 14.8 Å². The van der Waals surface area contributed by atoms with Crippen molar-refractivity contribution in [2.75, 3.05) is 6.54 Å². The number of likely N-dealkylation sites (tertiary alicyclic amines) is 1. The predicted molar refractivity (Wildman–Crippen MR) is 95.1 cm³/mol. The molecule has 132 valence electrons. The lowest BCUT2D eigenvalue weighted by Crippen LogP contribution is -2.45. The lowest BCUT2D eigenvalue weighted by atomic mass is 10.1. The molecule has 0 spiro atoms. The minimum Gasteiger partial charge on any atom is -0.350 e. The molecule has 1 aliphatic rings. The van der Waals surface area contributed by atoms with Gasteiger partial charge in [-0.15, -0.1) is 0 Å². The Morgan fingerprint density at radius 3 is 2.76 bits per heavy atom. The van der Waals surface area contributed by atoms with E-state index in [2.05, 4.69) is 10.3 Å². The van der Waals surface area contributed by atoms with Crippen LogP contribution in [0.2, 0.25) is 0 Å². The molecule has 0 aliphatic carbocycles. The Morgan fingerprint density at radius 1 is 1.28 bits per heavy atom. The predicted octanol–water partition coefficient (Wildman–Crippen LogP) is 2.28. The summed E-state index contributed by atoms with van der Waals surface area (Å²) in [6.07, 6.45) is 8.35. The van der Waals surface area contributed by atoms with Crippen LogP contribution in [0.4, 0.5) is 0 Å². The normalized spacial score (nSPS) is 16.8. The van der Waals surface area contributed by atoms with Crippen LogP contribution >= 0.6 is 0 Å². The lowest BCUT2D eigenvalue weighted by Gasteiger charge is -2.24. The van der Waals surface area contributed by atoms with Gasteiger partial charge in [0.2, 0.25) is 11.8 Å². The third-order valence-electron chi connectivity index (χ3n) is 4.55. The summed E-state index contributed by atoms with van der Waals surface area (Å²) in [6.45, 7) is 3.14. The van der Waals surface area contributed by atoms with Crippen LogP contribution in [0.15, 0.2) is 43.0 Å². The van der Waals surface area contributed by atoms with Crippen molar-refractivity contribution in [2.24, 2.45) is 0 Å². The van der Waals surface area contributed by atoms with Gasteiger partial charge in [0.15, 0.2) is 0 Å². The van der Waals surface area contributed by atoms with Crippen LogP contribution in [0, 0.1) is 0 Å². The fraction of sp³-hybridized carbons (Fsp3) is 0.421. The van der Waals surface area contributed by atoms with Crippen LogP contribution < -0.4 is 5.32 Å². The minimum absolute atomic E-state index is 0.0550. The van der Waals surface area contributed by atoms with Crippen molar-refractivity contribution in [3.05, 3.63) is 48.5 Å². The number of hydrogen-bond donors (Lipinski definition) is 1. The molecule has 6 nitrogen and oxygen atoms in total. The lowest BCUT2D eigenvalue weighted by molar-refractivity contribution is -0.138. The van der Waals surface area contributed by atoms with Crippen LogP contribution in [0.3, 0.4) is 0 Å². The van der Waals surface area contributed by atoms with Crippen molar-refractivity contribution >= 4 is 11.8 Å². The largest absolute Gasteiger partial charge is 0.350 e. The Hall–Kier alpha value is -2.63. The van der Waals surface area contributed by atoms with Crippen molar-refractivity contribution in [3.63, 3.8) is 0 Å². The number of hydrogen-bond acceptors (Lipinski definition) is 3. The first-order chi connectivity index (χ1) is 12.2. The molecule has 3 rings (SSSR count). The van der Waals surface area contributed by atoms with Crippen LogP contribution in [0.5, 0.6) is 0 Å². The molecule has 2 aromatic rings. The second-order valence-electron chi connectivity index (χ2n) is 6.35. The van der Waals surface area contributed by atoms with Gasteiger partial charge in [-0.25, -0.2) is 4.98 Å². The molecule has 25 heavy (non-hydrogen) atoms. The third-order valence-corrected chi connectivity index (χ3v) is 4.55. The third kappa shape index (κ3) is 4.07. The van der Waals surface area contributed by atoms with E-state index in [0.29, 0.717) is 19.5 Å². The fourth-order valence-corrected chi connectivity index (χ4v) is 3.20. The maximum atomic E-state index is 12.5. The van der Waals surface area contributed by atoms with Crippen LogP contribution in [0.1, 0.15) is 38.2 Å². The Labute approximate surface area is 147 Å². The van der Waals surface area contributed by atoms with Gasteiger partial charge in [-0.2, -0.15) is 0 Å². The molecule has 1 N–H and O–H groups in total. The highest BCUT2D eigenvalue weighted by Crippen LogP contribution is 2.19. The first-order valence-corrected chi connectivity index (χ1v) is 8.83. The van der Waals surface area contributed by atoms with E-state index in [-0.39, 0.29) is 17.9 Å². The zero-order valence-corrected chi connectivity index (χ0v) is 14.5. The summed E-state index contributed by atoms with van der Waals surface area (Å²) in [5.74, 6) is 0.0328. The Morgan fingerprint density at radius 2 is 2.08 bits per heavy atom. The van der Waals surface area contributed by atoms with Crippen molar-refractivity contribution in [1.29, 1.82) is 0 Å². The first-order valence-electron chi connectivity index (χ1n) is 8.83. The van der Waals surface area contributed by atoms with Crippen LogP contribution in [-0.4, -0.2) is 38.9 Å². The van der Waals surface area contributed by atoms with E-state index in [1.165, 1.54) is 0 Å². The smallest absolute Gasteiger partial charge is 0.243 e. The van der Waals surface area contributed by atoms with E-state index in [1.54, 1.807) is 17.4 Å². The summed E-state index contributed by atoms with van der Waals surface area (Å²) in [5.41, 5.74) is 2.06. The minimum atomic E-state index is -0.315. The van der Waals surface area contributed by atoms with Gasteiger partial charge >= 0.3 is 0 Å².